The Bertz CT molecular complexity index is 650. The van der Waals surface area contributed by atoms with Gasteiger partial charge in [-0.2, -0.15) is 4.99 Å². The molecule has 2 aromatic rings. The SMILES string of the molecule is O=C=Nc1ccc(OCCCc2ccc(Cl)c(Cl)c2)cc1. The third-order valence-electron chi connectivity index (χ3n) is 2.87. The van der Waals surface area contributed by atoms with E-state index in [0.717, 1.165) is 24.2 Å². The maximum absolute atomic E-state index is 10.1. The summed E-state index contributed by atoms with van der Waals surface area (Å²) in [6.07, 6.45) is 3.23. The molecule has 0 fully saturated rings. The summed E-state index contributed by atoms with van der Waals surface area (Å²) in [5, 5.41) is 1.14. The first kappa shape index (κ1) is 15.6. The van der Waals surface area contributed by atoms with E-state index >= 15 is 0 Å². The quantitative estimate of drug-likeness (QED) is 0.428. The van der Waals surface area contributed by atoms with E-state index in [1.165, 1.54) is 6.08 Å². The summed E-state index contributed by atoms with van der Waals surface area (Å²) in [7, 11) is 0. The second kappa shape index (κ2) is 7.84. The van der Waals surface area contributed by atoms with Crippen LogP contribution in [0.25, 0.3) is 0 Å². The number of benzene rings is 2. The molecule has 0 N–H and O–H groups in total. The lowest BCUT2D eigenvalue weighted by atomic mass is 10.1. The second-order valence-corrected chi connectivity index (χ2v) is 5.21. The molecule has 0 saturated heterocycles. The minimum absolute atomic E-state index is 0.563. The molecule has 0 amide bonds. The van der Waals surface area contributed by atoms with Crippen molar-refractivity contribution in [3.63, 3.8) is 0 Å². The zero-order valence-corrected chi connectivity index (χ0v) is 12.7. The number of aryl methyl sites for hydroxylation is 1. The number of ether oxygens (including phenoxy) is 1. The predicted octanol–water partition coefficient (Wildman–Crippen LogP) is 4.97. The number of halogens is 2. The van der Waals surface area contributed by atoms with Crippen LogP contribution in [-0.4, -0.2) is 12.7 Å². The summed E-state index contributed by atoms with van der Waals surface area (Å²) in [6, 6.07) is 12.6. The number of isocyanates is 1. The maximum atomic E-state index is 10.1. The molecule has 108 valence electrons. The number of aliphatic imine (C=N–C) groups is 1. The normalized spacial score (nSPS) is 10.0. The van der Waals surface area contributed by atoms with Gasteiger partial charge in [0.15, 0.2) is 0 Å². The molecular formula is C16H13Cl2NO2. The van der Waals surface area contributed by atoms with Crippen LogP contribution in [0, 0.1) is 0 Å². The van der Waals surface area contributed by atoms with Crippen molar-refractivity contribution in [3.05, 3.63) is 58.1 Å². The molecular weight excluding hydrogens is 309 g/mol. The van der Waals surface area contributed by atoms with Crippen LogP contribution in [0.1, 0.15) is 12.0 Å². The Morgan fingerprint density at radius 1 is 1.05 bits per heavy atom. The lowest BCUT2D eigenvalue weighted by Gasteiger charge is -2.07. The lowest BCUT2D eigenvalue weighted by molar-refractivity contribution is 0.311. The van der Waals surface area contributed by atoms with Gasteiger partial charge in [0.25, 0.3) is 0 Å². The number of nitrogens with zero attached hydrogens (tertiary/aromatic N) is 1. The Labute approximate surface area is 133 Å². The Kier molecular flexibility index (Phi) is 5.82. The Hall–Kier alpha value is -1.80. The zero-order chi connectivity index (χ0) is 15.1. The molecule has 0 spiro atoms. The molecule has 0 aliphatic rings. The number of hydrogen-bond donors (Lipinski definition) is 0. The summed E-state index contributed by atoms with van der Waals surface area (Å²) < 4.78 is 5.62. The fourth-order valence-electron chi connectivity index (χ4n) is 1.83. The molecule has 0 saturated carbocycles. The highest BCUT2D eigenvalue weighted by molar-refractivity contribution is 6.42. The standard InChI is InChI=1S/C16H13Cl2NO2/c17-15-8-3-12(10-16(15)18)2-1-9-21-14-6-4-13(5-7-14)19-11-20/h3-8,10H,1-2,9H2. The molecule has 5 heteroatoms. The average molecular weight is 322 g/mol. The highest BCUT2D eigenvalue weighted by atomic mass is 35.5. The van der Waals surface area contributed by atoms with E-state index in [4.69, 9.17) is 27.9 Å². The lowest BCUT2D eigenvalue weighted by Crippen LogP contribution is -1.99. The van der Waals surface area contributed by atoms with Crippen molar-refractivity contribution in [2.24, 2.45) is 4.99 Å². The van der Waals surface area contributed by atoms with Gasteiger partial charge in [0.2, 0.25) is 6.08 Å². The number of rotatable bonds is 6. The largest absolute Gasteiger partial charge is 0.494 e. The van der Waals surface area contributed by atoms with Crippen molar-refractivity contribution in [2.75, 3.05) is 6.61 Å². The predicted molar refractivity (Wildman–Crippen MR) is 84.5 cm³/mol. The maximum Gasteiger partial charge on any atom is 0.240 e. The van der Waals surface area contributed by atoms with Crippen molar-refractivity contribution >= 4 is 35.0 Å². The molecule has 0 unspecified atom stereocenters. The summed E-state index contributed by atoms with van der Waals surface area (Å²) in [5.41, 5.74) is 1.69. The number of hydrogen-bond acceptors (Lipinski definition) is 3. The van der Waals surface area contributed by atoms with Crippen LogP contribution >= 0.6 is 23.2 Å². The Morgan fingerprint density at radius 3 is 2.48 bits per heavy atom. The van der Waals surface area contributed by atoms with Crippen molar-refractivity contribution in [1.82, 2.24) is 0 Å². The first-order chi connectivity index (χ1) is 10.2. The minimum Gasteiger partial charge on any atom is -0.494 e. The average Bonchev–Trinajstić information content (AvgIpc) is 2.49. The molecule has 21 heavy (non-hydrogen) atoms. The molecule has 3 nitrogen and oxygen atoms in total. The van der Waals surface area contributed by atoms with E-state index in [0.29, 0.717) is 22.3 Å². The first-order valence-corrected chi connectivity index (χ1v) is 7.19. The summed E-state index contributed by atoms with van der Waals surface area (Å²) >= 11 is 11.8. The molecule has 0 aliphatic carbocycles. The van der Waals surface area contributed by atoms with Crippen LogP contribution in [0.3, 0.4) is 0 Å². The number of carbonyl (C=O) groups excluding carboxylic acids is 1. The second-order valence-electron chi connectivity index (χ2n) is 4.40. The fraction of sp³-hybridized carbons (Fsp3) is 0.188. The van der Waals surface area contributed by atoms with Crippen molar-refractivity contribution in [3.8, 4) is 5.75 Å². The van der Waals surface area contributed by atoms with Crippen molar-refractivity contribution in [2.45, 2.75) is 12.8 Å². The van der Waals surface area contributed by atoms with Crippen LogP contribution in [0.2, 0.25) is 10.0 Å². The van der Waals surface area contributed by atoms with E-state index in [1.807, 2.05) is 12.1 Å². The van der Waals surface area contributed by atoms with Crippen LogP contribution in [0.5, 0.6) is 5.75 Å². The van der Waals surface area contributed by atoms with Gasteiger partial charge in [-0.25, -0.2) is 4.79 Å². The van der Waals surface area contributed by atoms with Gasteiger partial charge < -0.3 is 4.74 Å². The molecule has 0 aliphatic heterocycles. The van der Waals surface area contributed by atoms with Gasteiger partial charge >= 0.3 is 0 Å². The van der Waals surface area contributed by atoms with Gasteiger partial charge in [-0.05, 0) is 54.8 Å². The van der Waals surface area contributed by atoms with E-state index in [2.05, 4.69) is 4.99 Å². The minimum atomic E-state index is 0.563. The zero-order valence-electron chi connectivity index (χ0n) is 11.2. The van der Waals surface area contributed by atoms with Crippen LogP contribution in [0.15, 0.2) is 47.5 Å². The van der Waals surface area contributed by atoms with E-state index in [1.54, 1.807) is 30.3 Å². The molecule has 2 aromatic carbocycles. The smallest absolute Gasteiger partial charge is 0.240 e. The van der Waals surface area contributed by atoms with Gasteiger partial charge in [0.1, 0.15) is 5.75 Å². The molecule has 0 atom stereocenters. The van der Waals surface area contributed by atoms with E-state index in [-0.39, 0.29) is 0 Å². The summed E-state index contributed by atoms with van der Waals surface area (Å²) in [5.74, 6) is 0.744. The van der Waals surface area contributed by atoms with E-state index in [9.17, 15) is 4.79 Å². The highest BCUT2D eigenvalue weighted by Gasteiger charge is 2.00. The van der Waals surface area contributed by atoms with Crippen molar-refractivity contribution < 1.29 is 9.53 Å². The Morgan fingerprint density at radius 2 is 1.81 bits per heavy atom. The molecule has 0 bridgehead atoms. The van der Waals surface area contributed by atoms with Gasteiger partial charge in [-0.1, -0.05) is 29.3 Å². The van der Waals surface area contributed by atoms with E-state index < -0.39 is 0 Å². The van der Waals surface area contributed by atoms with Crippen molar-refractivity contribution in [1.29, 1.82) is 0 Å². The molecule has 0 radical (unpaired) electrons. The molecule has 2 rings (SSSR count). The third kappa shape index (κ3) is 4.91. The summed E-state index contributed by atoms with van der Waals surface area (Å²) in [4.78, 5) is 13.6. The Balaban J connectivity index is 1.78. The van der Waals surface area contributed by atoms with Gasteiger partial charge in [-0.3, -0.25) is 0 Å². The third-order valence-corrected chi connectivity index (χ3v) is 3.61. The van der Waals surface area contributed by atoms with Gasteiger partial charge in [0.05, 0.1) is 22.3 Å². The van der Waals surface area contributed by atoms with Gasteiger partial charge in [-0.15, -0.1) is 0 Å². The monoisotopic (exact) mass is 321 g/mol. The topological polar surface area (TPSA) is 38.7 Å². The summed E-state index contributed by atoms with van der Waals surface area (Å²) in [6.45, 7) is 0.594. The van der Waals surface area contributed by atoms with Crippen LogP contribution < -0.4 is 4.74 Å². The highest BCUT2D eigenvalue weighted by Crippen LogP contribution is 2.23. The van der Waals surface area contributed by atoms with Crippen LogP contribution in [-0.2, 0) is 11.2 Å². The first-order valence-electron chi connectivity index (χ1n) is 6.44. The van der Waals surface area contributed by atoms with Gasteiger partial charge in [0, 0.05) is 0 Å². The van der Waals surface area contributed by atoms with Crippen LogP contribution in [0.4, 0.5) is 5.69 Å². The fourth-order valence-corrected chi connectivity index (χ4v) is 2.15. The molecule has 0 aromatic heterocycles. The molecule has 0 heterocycles.